The summed E-state index contributed by atoms with van der Waals surface area (Å²) in [6.07, 6.45) is 0. The van der Waals surface area contributed by atoms with Crippen LogP contribution in [0.2, 0.25) is 0 Å². The molecule has 0 spiro atoms. The smallest absolute Gasteiger partial charge is 0.261 e. The summed E-state index contributed by atoms with van der Waals surface area (Å²) in [4.78, 5) is 12.4. The first-order valence-electron chi connectivity index (χ1n) is 6.90. The first-order chi connectivity index (χ1) is 10.1. The number of ether oxygens (including phenoxy) is 1. The van der Waals surface area contributed by atoms with Crippen molar-refractivity contribution in [3.63, 3.8) is 0 Å². The summed E-state index contributed by atoms with van der Waals surface area (Å²) in [5, 5.41) is 7.46. The molecule has 0 aliphatic heterocycles. The molecule has 5 nitrogen and oxygen atoms in total. The van der Waals surface area contributed by atoms with Crippen molar-refractivity contribution in [3.8, 4) is 17.0 Å². The lowest BCUT2D eigenvalue weighted by Crippen LogP contribution is -2.30. The van der Waals surface area contributed by atoms with E-state index in [2.05, 4.69) is 0 Å². The Kier molecular flexibility index (Phi) is 4.42. The minimum atomic E-state index is -0.246. The zero-order chi connectivity index (χ0) is 15.4. The lowest BCUT2D eigenvalue weighted by Gasteiger charge is -2.13. The SMILES string of the molecule is CCOc1cccc(-c2ccc(C(=N)N)c(=O)n2CC)c1. The maximum Gasteiger partial charge on any atom is 0.261 e. The van der Waals surface area contributed by atoms with E-state index in [0.29, 0.717) is 13.2 Å². The average Bonchev–Trinajstić information content (AvgIpc) is 2.47. The van der Waals surface area contributed by atoms with Gasteiger partial charge in [0.2, 0.25) is 0 Å². The van der Waals surface area contributed by atoms with Crippen LogP contribution >= 0.6 is 0 Å². The van der Waals surface area contributed by atoms with Crippen molar-refractivity contribution in [2.24, 2.45) is 5.73 Å². The zero-order valence-corrected chi connectivity index (χ0v) is 12.2. The number of pyridine rings is 1. The third kappa shape index (κ3) is 2.97. The van der Waals surface area contributed by atoms with Crippen LogP contribution in [0.5, 0.6) is 5.75 Å². The predicted molar refractivity (Wildman–Crippen MR) is 84.0 cm³/mol. The number of benzene rings is 1. The van der Waals surface area contributed by atoms with Gasteiger partial charge in [-0.05, 0) is 38.1 Å². The van der Waals surface area contributed by atoms with E-state index in [4.69, 9.17) is 15.9 Å². The van der Waals surface area contributed by atoms with Gasteiger partial charge >= 0.3 is 0 Å². The summed E-state index contributed by atoms with van der Waals surface area (Å²) in [7, 11) is 0. The molecule has 0 saturated carbocycles. The normalized spacial score (nSPS) is 10.4. The Hall–Kier alpha value is -2.56. The predicted octanol–water partition coefficient (Wildman–Crippen LogP) is 2.22. The fraction of sp³-hybridized carbons (Fsp3) is 0.250. The van der Waals surface area contributed by atoms with Crippen LogP contribution in [0.15, 0.2) is 41.2 Å². The topological polar surface area (TPSA) is 81.1 Å². The van der Waals surface area contributed by atoms with Gasteiger partial charge in [-0.3, -0.25) is 10.2 Å². The van der Waals surface area contributed by atoms with Crippen molar-refractivity contribution in [1.82, 2.24) is 4.57 Å². The first-order valence-corrected chi connectivity index (χ1v) is 6.90. The highest BCUT2D eigenvalue weighted by Gasteiger charge is 2.11. The van der Waals surface area contributed by atoms with E-state index >= 15 is 0 Å². The van der Waals surface area contributed by atoms with Crippen LogP contribution in [0, 0.1) is 5.41 Å². The van der Waals surface area contributed by atoms with Crippen molar-refractivity contribution in [2.75, 3.05) is 6.61 Å². The summed E-state index contributed by atoms with van der Waals surface area (Å²) in [5.74, 6) is 0.553. The molecule has 0 fully saturated rings. The van der Waals surface area contributed by atoms with Gasteiger partial charge in [-0.15, -0.1) is 0 Å². The molecular weight excluding hydrogens is 266 g/mol. The lowest BCUT2D eigenvalue weighted by atomic mass is 10.1. The molecule has 2 rings (SSSR count). The van der Waals surface area contributed by atoms with Crippen molar-refractivity contribution in [2.45, 2.75) is 20.4 Å². The molecule has 1 aromatic carbocycles. The second kappa shape index (κ2) is 6.26. The van der Waals surface area contributed by atoms with Crippen LogP contribution in [0.25, 0.3) is 11.3 Å². The Balaban J connectivity index is 2.59. The van der Waals surface area contributed by atoms with E-state index in [1.54, 1.807) is 10.6 Å². The van der Waals surface area contributed by atoms with Crippen LogP contribution in [0.1, 0.15) is 19.4 Å². The Morgan fingerprint density at radius 2 is 2.05 bits per heavy atom. The quantitative estimate of drug-likeness (QED) is 0.653. The maximum absolute atomic E-state index is 12.4. The van der Waals surface area contributed by atoms with Crippen LogP contribution in [-0.4, -0.2) is 17.0 Å². The Morgan fingerprint density at radius 1 is 1.29 bits per heavy atom. The number of nitrogens with zero attached hydrogens (tertiary/aromatic N) is 1. The molecule has 0 saturated heterocycles. The van der Waals surface area contributed by atoms with E-state index in [9.17, 15) is 4.79 Å². The number of aromatic nitrogens is 1. The Labute approximate surface area is 123 Å². The van der Waals surface area contributed by atoms with Gasteiger partial charge in [0.05, 0.1) is 17.9 Å². The highest BCUT2D eigenvalue weighted by atomic mass is 16.5. The molecule has 1 aromatic heterocycles. The number of nitrogen functional groups attached to an aromatic ring is 1. The van der Waals surface area contributed by atoms with Crippen molar-refractivity contribution >= 4 is 5.84 Å². The molecule has 0 amide bonds. The molecule has 21 heavy (non-hydrogen) atoms. The summed E-state index contributed by atoms with van der Waals surface area (Å²) in [5.41, 5.74) is 7.10. The van der Waals surface area contributed by atoms with E-state index in [1.807, 2.05) is 44.2 Å². The van der Waals surface area contributed by atoms with Crippen LogP contribution in [0.3, 0.4) is 0 Å². The zero-order valence-electron chi connectivity index (χ0n) is 12.2. The minimum Gasteiger partial charge on any atom is -0.494 e. The minimum absolute atomic E-state index is 0.211. The summed E-state index contributed by atoms with van der Waals surface area (Å²) in [6, 6.07) is 11.0. The first kappa shape index (κ1) is 14.8. The Bertz CT molecular complexity index is 720. The molecule has 0 aliphatic rings. The summed E-state index contributed by atoms with van der Waals surface area (Å²) >= 11 is 0. The average molecular weight is 285 g/mol. The second-order valence-electron chi connectivity index (χ2n) is 4.56. The summed E-state index contributed by atoms with van der Waals surface area (Å²) in [6.45, 7) is 4.92. The van der Waals surface area contributed by atoms with Gasteiger partial charge in [-0.2, -0.15) is 0 Å². The molecule has 0 bridgehead atoms. The molecule has 2 aromatic rings. The van der Waals surface area contributed by atoms with Crippen molar-refractivity contribution < 1.29 is 4.74 Å². The molecule has 0 radical (unpaired) electrons. The van der Waals surface area contributed by atoms with E-state index in [-0.39, 0.29) is 17.0 Å². The number of nitrogens with one attached hydrogen (secondary N) is 1. The number of hydrogen-bond acceptors (Lipinski definition) is 3. The third-order valence-electron chi connectivity index (χ3n) is 3.22. The monoisotopic (exact) mass is 285 g/mol. The van der Waals surface area contributed by atoms with Gasteiger partial charge in [0.15, 0.2) is 0 Å². The summed E-state index contributed by atoms with van der Waals surface area (Å²) < 4.78 is 7.11. The number of amidine groups is 1. The van der Waals surface area contributed by atoms with E-state index in [0.717, 1.165) is 17.0 Å². The second-order valence-corrected chi connectivity index (χ2v) is 4.56. The number of nitrogens with two attached hydrogens (primary N) is 1. The lowest BCUT2D eigenvalue weighted by molar-refractivity contribution is 0.340. The molecule has 0 atom stereocenters. The largest absolute Gasteiger partial charge is 0.494 e. The van der Waals surface area contributed by atoms with Gasteiger partial charge in [0, 0.05) is 12.1 Å². The van der Waals surface area contributed by atoms with E-state index in [1.165, 1.54) is 0 Å². The highest BCUT2D eigenvalue weighted by molar-refractivity contribution is 5.94. The standard InChI is InChI=1S/C16H19N3O2/c1-3-19-14(9-8-13(15(17)18)16(19)20)11-6-5-7-12(10-11)21-4-2/h5-10H,3-4H2,1-2H3,(H3,17,18). The Morgan fingerprint density at radius 3 is 2.67 bits per heavy atom. The molecular formula is C16H19N3O2. The van der Waals surface area contributed by atoms with E-state index < -0.39 is 0 Å². The van der Waals surface area contributed by atoms with Crippen LogP contribution in [-0.2, 0) is 6.54 Å². The van der Waals surface area contributed by atoms with Crippen LogP contribution in [0.4, 0.5) is 0 Å². The number of rotatable bonds is 5. The molecule has 0 unspecified atom stereocenters. The van der Waals surface area contributed by atoms with Gasteiger partial charge in [-0.1, -0.05) is 12.1 Å². The fourth-order valence-electron chi connectivity index (χ4n) is 2.26. The highest BCUT2D eigenvalue weighted by Crippen LogP contribution is 2.23. The maximum atomic E-state index is 12.4. The van der Waals surface area contributed by atoms with Crippen molar-refractivity contribution in [3.05, 3.63) is 52.3 Å². The van der Waals surface area contributed by atoms with Crippen molar-refractivity contribution in [1.29, 1.82) is 5.41 Å². The fourth-order valence-corrected chi connectivity index (χ4v) is 2.26. The van der Waals surface area contributed by atoms with Gasteiger partial charge in [-0.25, -0.2) is 0 Å². The number of hydrogen-bond donors (Lipinski definition) is 2. The molecule has 110 valence electrons. The van der Waals surface area contributed by atoms with Gasteiger partial charge in [0.25, 0.3) is 5.56 Å². The van der Waals surface area contributed by atoms with Gasteiger partial charge in [0.1, 0.15) is 11.6 Å². The van der Waals surface area contributed by atoms with Crippen LogP contribution < -0.4 is 16.0 Å². The molecule has 0 aliphatic carbocycles. The third-order valence-corrected chi connectivity index (χ3v) is 3.22. The molecule has 3 N–H and O–H groups in total. The molecule has 5 heteroatoms. The molecule has 1 heterocycles. The van der Waals surface area contributed by atoms with Gasteiger partial charge < -0.3 is 15.0 Å².